The van der Waals surface area contributed by atoms with E-state index in [4.69, 9.17) is 0 Å². The van der Waals surface area contributed by atoms with Crippen LogP contribution in [0.5, 0.6) is 0 Å². The summed E-state index contributed by atoms with van der Waals surface area (Å²) >= 11 is 0. The van der Waals surface area contributed by atoms with E-state index in [9.17, 15) is 9.90 Å². The molecule has 1 aromatic heterocycles. The van der Waals surface area contributed by atoms with Crippen molar-refractivity contribution in [3.8, 4) is 0 Å². The van der Waals surface area contributed by atoms with Gasteiger partial charge in [-0.05, 0) is 5.92 Å². The molecule has 0 aliphatic rings. The van der Waals surface area contributed by atoms with Crippen molar-refractivity contribution in [3.63, 3.8) is 0 Å². The Morgan fingerprint density at radius 3 is 2.56 bits per heavy atom. The maximum absolute atomic E-state index is 11.7. The van der Waals surface area contributed by atoms with Gasteiger partial charge in [-0.15, -0.1) is 0 Å². The van der Waals surface area contributed by atoms with Crippen molar-refractivity contribution >= 4 is 5.69 Å². The smallest absolute Gasteiger partial charge is 0.268 e. The first kappa shape index (κ1) is 12.7. The third-order valence-electron chi connectivity index (χ3n) is 2.50. The summed E-state index contributed by atoms with van der Waals surface area (Å²) in [5.74, 6) is 0.113. The molecule has 0 radical (unpaired) electrons. The Labute approximate surface area is 95.3 Å². The molecule has 0 aromatic carbocycles. The first-order chi connectivity index (χ1) is 7.41. The molecule has 1 rings (SSSR count). The fourth-order valence-electron chi connectivity index (χ4n) is 1.19. The molecule has 5 nitrogen and oxygen atoms in total. The van der Waals surface area contributed by atoms with Crippen LogP contribution in [0.15, 0.2) is 17.1 Å². The molecule has 1 N–H and O–H groups in total. The van der Waals surface area contributed by atoms with Crippen molar-refractivity contribution in [2.24, 2.45) is 5.92 Å². The van der Waals surface area contributed by atoms with Crippen LogP contribution in [0.1, 0.15) is 13.8 Å². The van der Waals surface area contributed by atoms with Crippen LogP contribution in [0, 0.1) is 5.92 Å². The highest BCUT2D eigenvalue weighted by molar-refractivity contribution is 5.40. The first-order valence-electron chi connectivity index (χ1n) is 5.34. The second-order valence-electron chi connectivity index (χ2n) is 4.44. The van der Waals surface area contributed by atoms with Gasteiger partial charge in [-0.25, -0.2) is 4.68 Å². The van der Waals surface area contributed by atoms with Gasteiger partial charge in [0.25, 0.3) is 5.56 Å². The summed E-state index contributed by atoms with van der Waals surface area (Å²) in [6, 6.07) is 1.51. The van der Waals surface area contributed by atoms with Gasteiger partial charge in [-0.1, -0.05) is 13.8 Å². The highest BCUT2D eigenvalue weighted by Gasteiger charge is 2.11. The zero-order valence-corrected chi connectivity index (χ0v) is 10.2. The maximum atomic E-state index is 11.7. The number of aliphatic hydroxyl groups excluding tert-OH is 1. The number of hydrogen-bond donors (Lipinski definition) is 1. The van der Waals surface area contributed by atoms with E-state index in [0.717, 1.165) is 5.69 Å². The van der Waals surface area contributed by atoms with Gasteiger partial charge in [0.15, 0.2) is 0 Å². The minimum atomic E-state index is -0.546. The molecule has 0 amide bonds. The minimum Gasteiger partial charge on any atom is -0.391 e. The van der Waals surface area contributed by atoms with Crippen molar-refractivity contribution in [2.45, 2.75) is 26.5 Å². The van der Waals surface area contributed by atoms with Gasteiger partial charge >= 0.3 is 0 Å². The lowest BCUT2D eigenvalue weighted by Crippen LogP contribution is -2.31. The molecule has 1 unspecified atom stereocenters. The number of aromatic nitrogens is 2. The Morgan fingerprint density at radius 1 is 1.50 bits per heavy atom. The van der Waals surface area contributed by atoms with Crippen LogP contribution in [0.3, 0.4) is 0 Å². The molecule has 0 fully saturated rings. The van der Waals surface area contributed by atoms with Gasteiger partial charge in [0.1, 0.15) is 0 Å². The Balaban J connectivity index is 2.88. The van der Waals surface area contributed by atoms with E-state index in [2.05, 4.69) is 5.10 Å². The molecule has 0 saturated heterocycles. The Bertz CT molecular complexity index is 398. The summed E-state index contributed by atoms with van der Waals surface area (Å²) < 4.78 is 1.29. The summed E-state index contributed by atoms with van der Waals surface area (Å²) in [7, 11) is 3.70. The zero-order valence-electron chi connectivity index (χ0n) is 10.2. The molecular weight excluding hydrogens is 206 g/mol. The van der Waals surface area contributed by atoms with Crippen molar-refractivity contribution in [3.05, 3.63) is 22.6 Å². The van der Waals surface area contributed by atoms with Gasteiger partial charge in [-0.3, -0.25) is 4.79 Å². The quantitative estimate of drug-likeness (QED) is 0.802. The predicted octanol–water partition coefficient (Wildman–Crippen LogP) is 0.326. The monoisotopic (exact) mass is 225 g/mol. The average molecular weight is 225 g/mol. The number of aliphatic hydroxyl groups is 1. The van der Waals surface area contributed by atoms with Crippen LogP contribution < -0.4 is 10.5 Å². The number of hydrogen-bond acceptors (Lipinski definition) is 4. The molecule has 1 atom stereocenters. The largest absolute Gasteiger partial charge is 0.391 e. The Morgan fingerprint density at radius 2 is 2.12 bits per heavy atom. The van der Waals surface area contributed by atoms with Crippen LogP contribution >= 0.6 is 0 Å². The average Bonchev–Trinajstić information content (AvgIpc) is 2.20. The molecule has 0 aliphatic heterocycles. The van der Waals surface area contributed by atoms with E-state index in [1.165, 1.54) is 10.7 Å². The predicted molar refractivity (Wildman–Crippen MR) is 63.7 cm³/mol. The second kappa shape index (κ2) is 5.12. The van der Waals surface area contributed by atoms with Crippen molar-refractivity contribution in [1.82, 2.24) is 9.78 Å². The van der Waals surface area contributed by atoms with Crippen molar-refractivity contribution in [1.29, 1.82) is 0 Å². The van der Waals surface area contributed by atoms with E-state index >= 15 is 0 Å². The topological polar surface area (TPSA) is 58.4 Å². The molecule has 5 heteroatoms. The fourth-order valence-corrected chi connectivity index (χ4v) is 1.19. The Kier molecular flexibility index (Phi) is 4.06. The standard InChI is InChI=1S/C11H19N3O2/c1-8(2)10(15)7-14-11(16)5-9(6-12-14)13(3)4/h5-6,8,10,15H,7H2,1-4H3. The molecule has 1 heterocycles. The third-order valence-corrected chi connectivity index (χ3v) is 2.50. The number of rotatable bonds is 4. The lowest BCUT2D eigenvalue weighted by molar-refractivity contribution is 0.101. The highest BCUT2D eigenvalue weighted by atomic mass is 16.3. The van der Waals surface area contributed by atoms with Crippen LogP contribution in [0.25, 0.3) is 0 Å². The lowest BCUT2D eigenvalue weighted by atomic mass is 10.1. The summed E-state index contributed by atoms with van der Waals surface area (Å²) in [6.45, 7) is 4.05. The third kappa shape index (κ3) is 3.06. The molecular formula is C11H19N3O2. The van der Waals surface area contributed by atoms with Crippen molar-refractivity contribution in [2.75, 3.05) is 19.0 Å². The van der Waals surface area contributed by atoms with Gasteiger partial charge in [0.2, 0.25) is 0 Å². The van der Waals surface area contributed by atoms with Gasteiger partial charge in [0, 0.05) is 20.2 Å². The van der Waals surface area contributed by atoms with Crippen LogP contribution in [-0.4, -0.2) is 35.1 Å². The molecule has 0 saturated carbocycles. The second-order valence-corrected chi connectivity index (χ2v) is 4.44. The number of anilines is 1. The molecule has 0 aliphatic carbocycles. The zero-order chi connectivity index (χ0) is 12.3. The van der Waals surface area contributed by atoms with E-state index in [0.29, 0.717) is 0 Å². The summed E-state index contributed by atoms with van der Waals surface area (Å²) in [5.41, 5.74) is 0.575. The van der Waals surface area contributed by atoms with Crippen LogP contribution in [-0.2, 0) is 6.54 Å². The van der Waals surface area contributed by atoms with Crippen molar-refractivity contribution < 1.29 is 5.11 Å². The summed E-state index contributed by atoms with van der Waals surface area (Å²) in [5, 5.41) is 13.7. The fraction of sp³-hybridized carbons (Fsp3) is 0.636. The van der Waals surface area contributed by atoms with E-state index in [1.54, 1.807) is 6.20 Å². The molecule has 0 spiro atoms. The minimum absolute atomic E-state index is 0.113. The highest BCUT2D eigenvalue weighted by Crippen LogP contribution is 2.05. The van der Waals surface area contributed by atoms with Gasteiger partial charge < -0.3 is 10.0 Å². The van der Waals surface area contributed by atoms with Gasteiger partial charge in [-0.2, -0.15) is 5.10 Å². The SMILES string of the molecule is CC(C)C(O)Cn1ncc(N(C)C)cc1=O. The Hall–Kier alpha value is -1.36. The van der Waals surface area contributed by atoms with Gasteiger partial charge in [0.05, 0.1) is 24.5 Å². The maximum Gasteiger partial charge on any atom is 0.268 e. The molecule has 16 heavy (non-hydrogen) atoms. The summed E-state index contributed by atoms with van der Waals surface area (Å²) in [4.78, 5) is 13.5. The molecule has 1 aromatic rings. The van der Waals surface area contributed by atoms with E-state index in [1.807, 2.05) is 32.8 Å². The molecule has 0 bridgehead atoms. The first-order valence-corrected chi connectivity index (χ1v) is 5.34. The normalized spacial score (nSPS) is 12.9. The van der Waals surface area contributed by atoms with Crippen LogP contribution in [0.4, 0.5) is 5.69 Å². The lowest BCUT2D eigenvalue weighted by Gasteiger charge is -2.16. The van der Waals surface area contributed by atoms with Crippen LogP contribution in [0.2, 0.25) is 0 Å². The molecule has 90 valence electrons. The number of nitrogens with zero attached hydrogens (tertiary/aromatic N) is 3. The van der Waals surface area contributed by atoms with E-state index in [-0.39, 0.29) is 18.0 Å². The summed E-state index contributed by atoms with van der Waals surface area (Å²) in [6.07, 6.45) is 1.07. The van der Waals surface area contributed by atoms with E-state index < -0.39 is 6.10 Å².